The van der Waals surface area contributed by atoms with Gasteiger partial charge in [-0.2, -0.15) is 0 Å². The number of carbonyl (C=O) groups is 3. The first-order valence-corrected chi connectivity index (χ1v) is 11.2. The van der Waals surface area contributed by atoms with Crippen LogP contribution >= 0.6 is 11.6 Å². The number of nitrogens with one attached hydrogen (secondary N) is 1. The van der Waals surface area contributed by atoms with Crippen molar-refractivity contribution in [1.29, 1.82) is 0 Å². The number of hydrogen-bond donors (Lipinski definition) is 1. The lowest BCUT2D eigenvalue weighted by Gasteiger charge is -2.33. The molecule has 3 amide bonds. The van der Waals surface area contributed by atoms with Crippen molar-refractivity contribution in [2.24, 2.45) is 5.92 Å². The monoisotopic (exact) mass is 451 g/mol. The van der Waals surface area contributed by atoms with Gasteiger partial charge < -0.3 is 10.2 Å². The number of carbonyl (C=O) groups excluding carboxylic acids is 3. The van der Waals surface area contributed by atoms with Gasteiger partial charge in [0.25, 0.3) is 11.8 Å². The molecule has 0 saturated carbocycles. The van der Waals surface area contributed by atoms with E-state index in [9.17, 15) is 14.4 Å². The Morgan fingerprint density at radius 2 is 1.81 bits per heavy atom. The third-order valence-electron chi connectivity index (χ3n) is 5.94. The summed E-state index contributed by atoms with van der Waals surface area (Å²) in [6, 6.07) is 12.2. The van der Waals surface area contributed by atoms with Crippen molar-refractivity contribution in [2.75, 3.05) is 23.3 Å². The molecule has 2 aromatic rings. The molecule has 0 aliphatic carbocycles. The zero-order valence-electron chi connectivity index (χ0n) is 18.4. The molecule has 0 bridgehead atoms. The van der Waals surface area contributed by atoms with Gasteiger partial charge in [0.1, 0.15) is 5.70 Å². The van der Waals surface area contributed by atoms with Gasteiger partial charge in [-0.25, -0.2) is 4.90 Å². The standard InChI is InChI=1S/C25H26ClN3O3/c1-15-5-4-12-28(14-15)23-22(18-7-10-20(11-8-18)27-17(3)30)24(31)29(25(23)32)21-13-19(26)9-6-16(21)2/h6-11,13,15H,4-5,12,14H2,1-3H3,(H,27,30). The Morgan fingerprint density at radius 3 is 2.47 bits per heavy atom. The van der Waals surface area contributed by atoms with Crippen LogP contribution in [0.3, 0.4) is 0 Å². The fourth-order valence-corrected chi connectivity index (χ4v) is 4.60. The topological polar surface area (TPSA) is 69.7 Å². The SMILES string of the molecule is CC(=O)Nc1ccc(C2=C(N3CCCC(C)C3)C(=O)N(c3cc(Cl)ccc3C)C2=O)cc1. The number of likely N-dealkylation sites (tertiary alicyclic amines) is 1. The van der Waals surface area contributed by atoms with Crippen LogP contribution in [0.1, 0.15) is 37.8 Å². The van der Waals surface area contributed by atoms with E-state index in [1.807, 2.05) is 11.8 Å². The molecule has 0 aromatic heterocycles. The number of aryl methyl sites for hydroxylation is 1. The predicted octanol–water partition coefficient (Wildman–Crippen LogP) is 4.62. The van der Waals surface area contributed by atoms with E-state index in [0.717, 1.165) is 31.5 Å². The first-order valence-electron chi connectivity index (χ1n) is 10.8. The number of imide groups is 1. The minimum Gasteiger partial charge on any atom is -0.366 e. The smallest absolute Gasteiger partial charge is 0.282 e. The van der Waals surface area contributed by atoms with Crippen molar-refractivity contribution in [3.63, 3.8) is 0 Å². The van der Waals surface area contributed by atoms with Crippen LogP contribution in [0.5, 0.6) is 0 Å². The number of rotatable bonds is 4. The molecule has 2 aromatic carbocycles. The van der Waals surface area contributed by atoms with Crippen molar-refractivity contribution in [1.82, 2.24) is 4.90 Å². The Kier molecular flexibility index (Phi) is 6.07. The summed E-state index contributed by atoms with van der Waals surface area (Å²) in [6.45, 7) is 6.92. The molecule has 1 atom stereocenters. The zero-order valence-corrected chi connectivity index (χ0v) is 19.2. The molecule has 0 radical (unpaired) electrons. The van der Waals surface area contributed by atoms with Crippen molar-refractivity contribution in [2.45, 2.75) is 33.6 Å². The minimum absolute atomic E-state index is 0.172. The maximum atomic E-state index is 13.7. The number of anilines is 2. The summed E-state index contributed by atoms with van der Waals surface area (Å²) in [5.41, 5.74) is 3.40. The molecule has 32 heavy (non-hydrogen) atoms. The predicted molar refractivity (Wildman–Crippen MR) is 126 cm³/mol. The highest BCUT2D eigenvalue weighted by Gasteiger charge is 2.43. The maximum absolute atomic E-state index is 13.7. The molecule has 2 aliphatic heterocycles. The summed E-state index contributed by atoms with van der Waals surface area (Å²) in [7, 11) is 0. The first kappa shape index (κ1) is 22.1. The number of hydrogen-bond acceptors (Lipinski definition) is 4. The van der Waals surface area contributed by atoms with E-state index in [1.165, 1.54) is 11.8 Å². The number of halogens is 1. The van der Waals surface area contributed by atoms with Crippen LogP contribution in [0.2, 0.25) is 5.02 Å². The van der Waals surface area contributed by atoms with Crippen molar-refractivity contribution in [3.05, 3.63) is 64.3 Å². The van der Waals surface area contributed by atoms with E-state index < -0.39 is 0 Å². The molecule has 2 aliphatic rings. The minimum atomic E-state index is -0.360. The summed E-state index contributed by atoms with van der Waals surface area (Å²) >= 11 is 6.20. The molecule has 2 heterocycles. The Morgan fingerprint density at radius 1 is 1.09 bits per heavy atom. The molecule has 4 rings (SSSR count). The quantitative estimate of drug-likeness (QED) is 0.688. The number of amides is 3. The van der Waals surface area contributed by atoms with Crippen LogP contribution in [0.4, 0.5) is 11.4 Å². The molecular weight excluding hydrogens is 426 g/mol. The van der Waals surface area contributed by atoms with Crippen LogP contribution in [0, 0.1) is 12.8 Å². The highest BCUT2D eigenvalue weighted by molar-refractivity contribution is 6.45. The second-order valence-electron chi connectivity index (χ2n) is 8.55. The van der Waals surface area contributed by atoms with Gasteiger partial charge in [-0.1, -0.05) is 36.7 Å². The molecule has 1 fully saturated rings. The summed E-state index contributed by atoms with van der Waals surface area (Å²) in [6.07, 6.45) is 2.07. The highest BCUT2D eigenvalue weighted by Crippen LogP contribution is 2.38. The van der Waals surface area contributed by atoms with E-state index in [0.29, 0.717) is 39.1 Å². The lowest BCUT2D eigenvalue weighted by Crippen LogP contribution is -2.39. The van der Waals surface area contributed by atoms with E-state index >= 15 is 0 Å². The molecule has 166 valence electrons. The van der Waals surface area contributed by atoms with Crippen LogP contribution in [0.25, 0.3) is 5.57 Å². The summed E-state index contributed by atoms with van der Waals surface area (Å²) in [5.74, 6) is -0.421. The first-order chi connectivity index (χ1) is 15.3. The third-order valence-corrected chi connectivity index (χ3v) is 6.17. The van der Waals surface area contributed by atoms with Gasteiger partial charge in [-0.3, -0.25) is 14.4 Å². The van der Waals surface area contributed by atoms with Crippen LogP contribution < -0.4 is 10.2 Å². The van der Waals surface area contributed by atoms with Gasteiger partial charge in [0.05, 0.1) is 11.3 Å². The zero-order chi connectivity index (χ0) is 23.0. The van der Waals surface area contributed by atoms with E-state index in [4.69, 9.17) is 11.6 Å². The molecule has 0 spiro atoms. The van der Waals surface area contributed by atoms with Gasteiger partial charge in [0.2, 0.25) is 5.91 Å². The normalized spacial score (nSPS) is 19.1. The van der Waals surface area contributed by atoms with Gasteiger partial charge in [-0.15, -0.1) is 0 Å². The average Bonchev–Trinajstić information content (AvgIpc) is 3.00. The van der Waals surface area contributed by atoms with E-state index in [2.05, 4.69) is 12.2 Å². The summed E-state index contributed by atoms with van der Waals surface area (Å²) in [5, 5.41) is 3.19. The molecule has 1 N–H and O–H groups in total. The van der Waals surface area contributed by atoms with Gasteiger partial charge >= 0.3 is 0 Å². The van der Waals surface area contributed by atoms with Crippen LogP contribution in [-0.2, 0) is 14.4 Å². The summed E-state index contributed by atoms with van der Waals surface area (Å²) < 4.78 is 0. The van der Waals surface area contributed by atoms with E-state index in [-0.39, 0.29) is 17.7 Å². The maximum Gasteiger partial charge on any atom is 0.282 e. The Hall–Kier alpha value is -3.12. The lowest BCUT2D eigenvalue weighted by molar-refractivity contribution is -0.121. The van der Waals surface area contributed by atoms with Crippen molar-refractivity contribution in [3.8, 4) is 0 Å². The fraction of sp³-hybridized carbons (Fsp3) is 0.320. The van der Waals surface area contributed by atoms with Crippen LogP contribution in [-0.4, -0.2) is 35.7 Å². The lowest BCUT2D eigenvalue weighted by atomic mass is 9.97. The molecule has 7 heteroatoms. The van der Waals surface area contributed by atoms with Gasteiger partial charge in [-0.05, 0) is 61.1 Å². The van der Waals surface area contributed by atoms with Gasteiger partial charge in [0, 0.05) is 30.7 Å². The Balaban J connectivity index is 1.81. The van der Waals surface area contributed by atoms with Gasteiger partial charge in [0.15, 0.2) is 0 Å². The van der Waals surface area contributed by atoms with E-state index in [1.54, 1.807) is 42.5 Å². The second kappa shape index (κ2) is 8.79. The Bertz CT molecular complexity index is 1120. The van der Waals surface area contributed by atoms with Crippen molar-refractivity contribution >= 4 is 46.3 Å². The fourth-order valence-electron chi connectivity index (χ4n) is 4.43. The number of nitrogens with zero attached hydrogens (tertiary/aromatic N) is 2. The molecular formula is C25H26ClN3O3. The molecule has 1 unspecified atom stereocenters. The highest BCUT2D eigenvalue weighted by atomic mass is 35.5. The number of piperidine rings is 1. The number of benzene rings is 2. The Labute approximate surface area is 192 Å². The molecule has 6 nitrogen and oxygen atoms in total. The van der Waals surface area contributed by atoms with Crippen molar-refractivity contribution < 1.29 is 14.4 Å². The summed E-state index contributed by atoms with van der Waals surface area (Å²) in [4.78, 5) is 42.0. The van der Waals surface area contributed by atoms with Crippen LogP contribution in [0.15, 0.2) is 48.2 Å². The third kappa shape index (κ3) is 4.15. The molecule has 1 saturated heterocycles. The largest absolute Gasteiger partial charge is 0.366 e. The second-order valence-corrected chi connectivity index (χ2v) is 8.99. The average molecular weight is 452 g/mol.